The number of thiocarbonyl (C=S) groups is 1. The molecule has 1 aliphatic heterocycles. The number of piperidine rings is 1. The third kappa shape index (κ3) is 5.07. The molecule has 4 aromatic rings. The van der Waals surface area contributed by atoms with Crippen molar-refractivity contribution in [3.63, 3.8) is 0 Å². The van der Waals surface area contributed by atoms with Crippen LogP contribution in [0.4, 0.5) is 4.79 Å². The van der Waals surface area contributed by atoms with E-state index in [9.17, 15) is 4.79 Å². The number of aryl methyl sites for hydroxylation is 2. The van der Waals surface area contributed by atoms with Crippen LogP contribution in [0.1, 0.15) is 46.1 Å². The fourth-order valence-corrected chi connectivity index (χ4v) is 5.53. The minimum atomic E-state index is -0.518. The van der Waals surface area contributed by atoms with Crippen LogP contribution >= 0.6 is 12.2 Å². The van der Waals surface area contributed by atoms with E-state index in [-0.39, 0.29) is 12.1 Å². The zero-order valence-corrected chi connectivity index (χ0v) is 23.1. The van der Waals surface area contributed by atoms with Crippen LogP contribution in [0.25, 0.3) is 33.5 Å². The molecule has 0 aliphatic carbocycles. The molecule has 1 aliphatic rings. The van der Waals surface area contributed by atoms with E-state index in [2.05, 4.69) is 81.9 Å². The van der Waals surface area contributed by atoms with Crippen LogP contribution in [0.5, 0.6) is 0 Å². The zero-order valence-electron chi connectivity index (χ0n) is 22.2. The lowest BCUT2D eigenvalue weighted by atomic mass is 10.0. The van der Waals surface area contributed by atoms with Crippen molar-refractivity contribution in [1.29, 1.82) is 0 Å². The third-order valence-corrected chi connectivity index (χ3v) is 7.41. The summed E-state index contributed by atoms with van der Waals surface area (Å²) in [7, 11) is 2.07. The summed E-state index contributed by atoms with van der Waals surface area (Å²) in [5.41, 5.74) is 4.77. The molecule has 194 valence electrons. The van der Waals surface area contributed by atoms with Crippen molar-refractivity contribution in [2.24, 2.45) is 7.05 Å². The van der Waals surface area contributed by atoms with Crippen LogP contribution in [0.3, 0.4) is 0 Å². The van der Waals surface area contributed by atoms with E-state index in [0.717, 1.165) is 59.0 Å². The van der Waals surface area contributed by atoms with Gasteiger partial charge in [0.1, 0.15) is 10.6 Å². The van der Waals surface area contributed by atoms with Crippen molar-refractivity contribution in [3.8, 4) is 11.5 Å². The van der Waals surface area contributed by atoms with Crippen molar-refractivity contribution in [1.82, 2.24) is 24.3 Å². The number of benzene rings is 2. The topological polar surface area (TPSA) is 64.3 Å². The van der Waals surface area contributed by atoms with Gasteiger partial charge >= 0.3 is 6.09 Å². The number of nitrogens with zero attached hydrogens (tertiary/aromatic N) is 4. The van der Waals surface area contributed by atoms with E-state index in [1.165, 1.54) is 10.9 Å². The highest BCUT2D eigenvalue weighted by molar-refractivity contribution is 7.80. The predicted molar refractivity (Wildman–Crippen MR) is 153 cm³/mol. The van der Waals surface area contributed by atoms with Gasteiger partial charge in [-0.25, -0.2) is 9.78 Å². The summed E-state index contributed by atoms with van der Waals surface area (Å²) in [6.07, 6.45) is 1.49. The molecule has 37 heavy (non-hydrogen) atoms. The number of rotatable bonds is 4. The van der Waals surface area contributed by atoms with Crippen molar-refractivity contribution in [2.75, 3.05) is 13.1 Å². The first-order chi connectivity index (χ1) is 17.6. The summed E-state index contributed by atoms with van der Waals surface area (Å²) in [4.78, 5) is 20.3. The van der Waals surface area contributed by atoms with Gasteiger partial charge < -0.3 is 24.1 Å². The largest absolute Gasteiger partial charge is 0.444 e. The van der Waals surface area contributed by atoms with Gasteiger partial charge in [0.15, 0.2) is 5.82 Å². The number of hydrogen-bond donors (Lipinski definition) is 1. The van der Waals surface area contributed by atoms with E-state index in [4.69, 9.17) is 21.9 Å². The molecule has 0 saturated carbocycles. The monoisotopic (exact) mass is 517 g/mol. The molecule has 5 rings (SSSR count). The number of para-hydroxylation sites is 1. The summed E-state index contributed by atoms with van der Waals surface area (Å²) in [5.74, 6) is 0.940. The second kappa shape index (κ2) is 9.82. The Morgan fingerprint density at radius 1 is 1.16 bits per heavy atom. The smallest absolute Gasteiger partial charge is 0.407 e. The molecule has 2 aromatic carbocycles. The number of ether oxygens (including phenoxy) is 1. The predicted octanol–water partition coefficient (Wildman–Crippen LogP) is 5.88. The molecular formula is C29H35N5O2S. The van der Waals surface area contributed by atoms with Gasteiger partial charge in [-0.2, -0.15) is 0 Å². The van der Waals surface area contributed by atoms with E-state index >= 15 is 0 Å². The number of imidazole rings is 1. The Kier molecular flexibility index (Phi) is 6.70. The van der Waals surface area contributed by atoms with Gasteiger partial charge in [0, 0.05) is 49.2 Å². The number of carbonyl (C=O) groups is 1. The van der Waals surface area contributed by atoms with E-state index < -0.39 is 5.60 Å². The van der Waals surface area contributed by atoms with Crippen LogP contribution in [-0.4, -0.2) is 54.8 Å². The van der Waals surface area contributed by atoms with Crippen molar-refractivity contribution in [2.45, 2.75) is 58.7 Å². The van der Waals surface area contributed by atoms with Crippen LogP contribution in [-0.2, 0) is 18.3 Å². The van der Waals surface area contributed by atoms with Crippen LogP contribution in [0.2, 0.25) is 0 Å². The third-order valence-electron chi connectivity index (χ3n) is 6.91. The molecule has 0 bridgehead atoms. The molecule has 0 radical (unpaired) electrons. The maximum atomic E-state index is 12.3. The molecule has 3 heterocycles. The Labute approximate surface area is 223 Å². The summed E-state index contributed by atoms with van der Waals surface area (Å²) in [6, 6.07) is 16.9. The number of nitrogens with one attached hydrogen (secondary N) is 1. The summed E-state index contributed by atoms with van der Waals surface area (Å²) in [5, 5.41) is 4.23. The van der Waals surface area contributed by atoms with E-state index in [1.54, 1.807) is 0 Å². The maximum absolute atomic E-state index is 12.3. The lowest BCUT2D eigenvalue weighted by Gasteiger charge is -2.35. The van der Waals surface area contributed by atoms with Crippen LogP contribution in [0, 0.1) is 0 Å². The van der Waals surface area contributed by atoms with Crippen molar-refractivity contribution < 1.29 is 9.53 Å². The summed E-state index contributed by atoms with van der Waals surface area (Å²) < 4.78 is 9.91. The molecule has 1 fully saturated rings. The molecule has 1 N–H and O–H groups in total. The number of aromatic nitrogens is 3. The van der Waals surface area contributed by atoms with Crippen molar-refractivity contribution in [3.05, 3.63) is 54.1 Å². The lowest BCUT2D eigenvalue weighted by Crippen LogP contribution is -2.50. The van der Waals surface area contributed by atoms with Gasteiger partial charge in [-0.05, 0) is 70.9 Å². The van der Waals surface area contributed by atoms with Gasteiger partial charge in [0.2, 0.25) is 0 Å². The second-order valence-electron chi connectivity index (χ2n) is 10.8. The Morgan fingerprint density at radius 3 is 2.70 bits per heavy atom. The minimum Gasteiger partial charge on any atom is -0.444 e. The molecule has 1 amide bonds. The molecule has 0 spiro atoms. The first-order valence-electron chi connectivity index (χ1n) is 13.0. The van der Waals surface area contributed by atoms with Crippen molar-refractivity contribution >= 4 is 45.2 Å². The number of carbonyl (C=O) groups excluding carboxylic acids is 1. The van der Waals surface area contributed by atoms with E-state index in [1.807, 2.05) is 20.8 Å². The Morgan fingerprint density at radius 2 is 1.95 bits per heavy atom. The van der Waals surface area contributed by atoms with Crippen LogP contribution in [0.15, 0.2) is 48.5 Å². The quantitative estimate of drug-likeness (QED) is 0.343. The maximum Gasteiger partial charge on any atom is 0.407 e. The highest BCUT2D eigenvalue weighted by Gasteiger charge is 2.26. The molecule has 0 unspecified atom stereocenters. The molecule has 1 atom stereocenters. The number of fused-ring (bicyclic) bond motifs is 2. The number of alkyl carbamates (subject to hydrolysis) is 1. The average Bonchev–Trinajstić information content (AvgIpc) is 3.39. The Hall–Kier alpha value is -3.39. The lowest BCUT2D eigenvalue weighted by molar-refractivity contribution is 0.0486. The molecular weight excluding hydrogens is 482 g/mol. The number of amides is 1. The highest BCUT2D eigenvalue weighted by atomic mass is 32.1. The second-order valence-corrected chi connectivity index (χ2v) is 11.2. The molecule has 7 nitrogen and oxygen atoms in total. The van der Waals surface area contributed by atoms with Gasteiger partial charge in [-0.1, -0.05) is 30.4 Å². The first kappa shape index (κ1) is 25.3. The fraction of sp³-hybridized carbons (Fsp3) is 0.414. The van der Waals surface area contributed by atoms with Gasteiger partial charge in [-0.15, -0.1) is 0 Å². The summed E-state index contributed by atoms with van der Waals surface area (Å²) in [6.45, 7) is 10.2. The SMILES string of the molecule is CCn1c(-c2nc3cc(C(=S)N4CCC[C@@H](NC(=O)OC(C)(C)C)C4)ccc3n2C)cc2ccccc21. The van der Waals surface area contributed by atoms with Gasteiger partial charge in [-0.3, -0.25) is 0 Å². The molecule has 8 heteroatoms. The normalized spacial score (nSPS) is 16.4. The van der Waals surface area contributed by atoms with Gasteiger partial charge in [0.25, 0.3) is 0 Å². The van der Waals surface area contributed by atoms with Crippen LogP contribution < -0.4 is 5.32 Å². The van der Waals surface area contributed by atoms with Gasteiger partial charge in [0.05, 0.1) is 16.7 Å². The number of likely N-dealkylation sites (tertiary alicyclic amines) is 1. The molecule has 2 aromatic heterocycles. The summed E-state index contributed by atoms with van der Waals surface area (Å²) >= 11 is 5.92. The Bertz CT molecular complexity index is 1480. The average molecular weight is 518 g/mol. The number of hydrogen-bond acceptors (Lipinski definition) is 4. The Balaban J connectivity index is 1.39. The first-order valence-corrected chi connectivity index (χ1v) is 13.4. The highest BCUT2D eigenvalue weighted by Crippen LogP contribution is 2.30. The standard InChI is InChI=1S/C29H35N5O2S/c1-6-34-23-12-8-7-10-19(23)17-25(34)26-31-22-16-20(13-14-24(22)32(26)5)27(37)33-15-9-11-21(18-33)30-28(35)36-29(2,3)4/h7-8,10,12-14,16-17,21H,6,9,11,15,18H2,1-5H3,(H,30,35)/t21-/m1/s1. The van der Waals surface area contributed by atoms with E-state index in [0.29, 0.717) is 6.54 Å². The zero-order chi connectivity index (χ0) is 26.3. The minimum absolute atomic E-state index is 0.00250. The fourth-order valence-electron chi connectivity index (χ4n) is 5.23. The molecule has 1 saturated heterocycles.